The van der Waals surface area contributed by atoms with E-state index in [0.717, 1.165) is 6.07 Å². The van der Waals surface area contributed by atoms with Crippen LogP contribution in [0.15, 0.2) is 60.7 Å². The number of para-hydroxylation sites is 1. The van der Waals surface area contributed by atoms with Crippen molar-refractivity contribution >= 4 is 28.9 Å². The number of hydrogen-bond donors (Lipinski definition) is 1. The fraction of sp³-hybridized carbons (Fsp3) is 0.0952. The lowest BCUT2D eigenvalue weighted by Gasteiger charge is -2.15. The Balaban J connectivity index is 2.00. The zero-order valence-corrected chi connectivity index (χ0v) is 16.8. The molecule has 3 aromatic rings. The maximum atomic E-state index is 13.0. The number of nitrogens with one attached hydrogen (secondary N) is 1. The van der Waals surface area contributed by atoms with E-state index in [4.69, 9.17) is 25.8 Å². The summed E-state index contributed by atoms with van der Waals surface area (Å²) in [5, 5.41) is 14.2. The first kappa shape index (κ1) is 20.9. The van der Waals surface area contributed by atoms with Crippen molar-refractivity contribution in [2.75, 3.05) is 19.5 Å². The molecule has 9 heteroatoms. The molecule has 0 saturated heterocycles. The van der Waals surface area contributed by atoms with E-state index in [1.54, 1.807) is 24.3 Å². The largest absolute Gasteiger partial charge is 0.495 e. The molecule has 0 heterocycles. The molecule has 0 atom stereocenters. The Bertz CT molecular complexity index is 1090. The maximum Gasteiger partial charge on any atom is 0.270 e. The molecular weight excluding hydrogens is 412 g/mol. The Morgan fingerprint density at radius 3 is 2.30 bits per heavy atom. The smallest absolute Gasteiger partial charge is 0.270 e. The monoisotopic (exact) mass is 428 g/mol. The van der Waals surface area contributed by atoms with Gasteiger partial charge in [0.05, 0.1) is 35.4 Å². The van der Waals surface area contributed by atoms with Crippen LogP contribution in [0.3, 0.4) is 0 Å². The van der Waals surface area contributed by atoms with E-state index < -0.39 is 10.8 Å². The average molecular weight is 429 g/mol. The van der Waals surface area contributed by atoms with Gasteiger partial charge in [-0.15, -0.1) is 0 Å². The highest BCUT2D eigenvalue weighted by Crippen LogP contribution is 2.37. The van der Waals surface area contributed by atoms with Gasteiger partial charge in [-0.1, -0.05) is 29.8 Å². The maximum absolute atomic E-state index is 13.0. The van der Waals surface area contributed by atoms with Crippen LogP contribution >= 0.6 is 11.6 Å². The van der Waals surface area contributed by atoms with Gasteiger partial charge in [-0.3, -0.25) is 14.9 Å². The van der Waals surface area contributed by atoms with Gasteiger partial charge in [0, 0.05) is 24.3 Å². The number of amides is 1. The molecule has 0 unspecified atom stereocenters. The van der Waals surface area contributed by atoms with Crippen LogP contribution < -0.4 is 19.5 Å². The lowest BCUT2D eigenvalue weighted by molar-refractivity contribution is -0.384. The minimum absolute atomic E-state index is 0.0241. The first-order valence-corrected chi connectivity index (χ1v) is 9.05. The van der Waals surface area contributed by atoms with Crippen LogP contribution in [-0.2, 0) is 0 Å². The van der Waals surface area contributed by atoms with E-state index in [1.165, 1.54) is 38.5 Å². The fourth-order valence-corrected chi connectivity index (χ4v) is 2.89. The van der Waals surface area contributed by atoms with Gasteiger partial charge in [-0.25, -0.2) is 0 Å². The molecule has 0 fully saturated rings. The van der Waals surface area contributed by atoms with Gasteiger partial charge in [0.25, 0.3) is 11.6 Å². The molecule has 154 valence electrons. The van der Waals surface area contributed by atoms with Crippen molar-refractivity contribution < 1.29 is 23.9 Å². The molecule has 3 rings (SSSR count). The normalized spacial score (nSPS) is 10.2. The second-order valence-electron chi connectivity index (χ2n) is 5.99. The summed E-state index contributed by atoms with van der Waals surface area (Å²) in [5.74, 6) is 0.625. The predicted octanol–water partition coefficient (Wildman–Crippen LogP) is 5.31. The molecule has 0 aliphatic carbocycles. The van der Waals surface area contributed by atoms with Gasteiger partial charge in [0.1, 0.15) is 23.0 Å². The number of nitro benzene ring substituents is 1. The number of ether oxygens (including phenoxy) is 3. The third-order valence-electron chi connectivity index (χ3n) is 4.11. The van der Waals surface area contributed by atoms with Crippen LogP contribution in [0.2, 0.25) is 5.02 Å². The predicted molar refractivity (Wildman–Crippen MR) is 112 cm³/mol. The number of nitro groups is 1. The van der Waals surface area contributed by atoms with E-state index in [0.29, 0.717) is 22.3 Å². The topological polar surface area (TPSA) is 99.9 Å². The van der Waals surface area contributed by atoms with Crippen molar-refractivity contribution in [3.8, 4) is 23.0 Å². The Morgan fingerprint density at radius 1 is 0.967 bits per heavy atom. The summed E-state index contributed by atoms with van der Waals surface area (Å²) in [6.45, 7) is 0. The van der Waals surface area contributed by atoms with E-state index in [2.05, 4.69) is 5.32 Å². The van der Waals surface area contributed by atoms with Crippen molar-refractivity contribution in [3.63, 3.8) is 0 Å². The Kier molecular flexibility index (Phi) is 6.38. The number of halogens is 1. The molecule has 8 nitrogen and oxygen atoms in total. The standard InChI is InChI=1S/C21H17ClN2O6/c1-28-19-12-17(20(29-2)11-16(19)22)23-21(25)15-10-13(24(26)27)8-9-18(15)30-14-6-4-3-5-7-14/h3-12H,1-2H3,(H,23,25). The van der Waals surface area contributed by atoms with E-state index in [1.807, 2.05) is 6.07 Å². The molecule has 3 aromatic carbocycles. The van der Waals surface area contributed by atoms with Crippen LogP contribution in [0.4, 0.5) is 11.4 Å². The molecule has 30 heavy (non-hydrogen) atoms. The Morgan fingerprint density at radius 2 is 1.67 bits per heavy atom. The number of nitrogens with zero attached hydrogens (tertiary/aromatic N) is 1. The van der Waals surface area contributed by atoms with Crippen molar-refractivity contribution in [2.24, 2.45) is 0 Å². The second-order valence-corrected chi connectivity index (χ2v) is 6.40. The van der Waals surface area contributed by atoms with Crippen LogP contribution in [0, 0.1) is 10.1 Å². The van der Waals surface area contributed by atoms with Gasteiger partial charge < -0.3 is 19.5 Å². The summed E-state index contributed by atoms with van der Waals surface area (Å²) >= 11 is 6.09. The quantitative estimate of drug-likeness (QED) is 0.404. The van der Waals surface area contributed by atoms with Crippen LogP contribution in [0.5, 0.6) is 23.0 Å². The molecule has 0 aliphatic rings. The zero-order valence-electron chi connectivity index (χ0n) is 16.0. The minimum atomic E-state index is -0.632. The number of rotatable bonds is 7. The third-order valence-corrected chi connectivity index (χ3v) is 4.41. The van der Waals surface area contributed by atoms with Crippen molar-refractivity contribution in [1.29, 1.82) is 0 Å². The van der Waals surface area contributed by atoms with Crippen molar-refractivity contribution in [1.82, 2.24) is 0 Å². The number of non-ortho nitro benzene ring substituents is 1. The van der Waals surface area contributed by atoms with Gasteiger partial charge in [-0.2, -0.15) is 0 Å². The van der Waals surface area contributed by atoms with Crippen LogP contribution in [-0.4, -0.2) is 25.1 Å². The van der Waals surface area contributed by atoms with Gasteiger partial charge in [-0.05, 0) is 18.2 Å². The SMILES string of the molecule is COc1cc(NC(=O)c2cc([N+](=O)[O-])ccc2Oc2ccccc2)c(OC)cc1Cl. The molecular formula is C21H17ClN2O6. The number of hydrogen-bond acceptors (Lipinski definition) is 6. The first-order valence-electron chi connectivity index (χ1n) is 8.67. The zero-order chi connectivity index (χ0) is 21.7. The summed E-state index contributed by atoms with van der Waals surface area (Å²) in [6.07, 6.45) is 0. The molecule has 0 radical (unpaired) electrons. The molecule has 0 aromatic heterocycles. The van der Waals surface area contributed by atoms with E-state index in [-0.39, 0.29) is 22.7 Å². The van der Waals surface area contributed by atoms with Crippen LogP contribution in [0.25, 0.3) is 0 Å². The number of carbonyl (C=O) groups is 1. The van der Waals surface area contributed by atoms with Crippen molar-refractivity contribution in [2.45, 2.75) is 0 Å². The third kappa shape index (κ3) is 4.61. The Hall–Kier alpha value is -3.78. The summed E-state index contributed by atoms with van der Waals surface area (Å²) in [5.41, 5.74) is 0.00570. The molecule has 0 saturated carbocycles. The van der Waals surface area contributed by atoms with E-state index >= 15 is 0 Å². The first-order chi connectivity index (χ1) is 14.4. The average Bonchev–Trinajstić information content (AvgIpc) is 2.75. The van der Waals surface area contributed by atoms with Crippen molar-refractivity contribution in [3.05, 3.63) is 81.4 Å². The highest BCUT2D eigenvalue weighted by Gasteiger charge is 2.21. The summed E-state index contributed by atoms with van der Waals surface area (Å²) < 4.78 is 16.2. The molecule has 1 N–H and O–H groups in total. The highest BCUT2D eigenvalue weighted by atomic mass is 35.5. The van der Waals surface area contributed by atoms with E-state index in [9.17, 15) is 14.9 Å². The fourth-order valence-electron chi connectivity index (χ4n) is 2.66. The molecule has 1 amide bonds. The summed E-state index contributed by atoms with van der Waals surface area (Å²) in [4.78, 5) is 23.6. The number of benzene rings is 3. The number of methoxy groups -OCH3 is 2. The second kappa shape index (κ2) is 9.15. The number of anilines is 1. The molecule has 0 bridgehead atoms. The van der Waals surface area contributed by atoms with Gasteiger partial charge in [0.2, 0.25) is 0 Å². The Labute approximate surface area is 177 Å². The lowest BCUT2D eigenvalue weighted by Crippen LogP contribution is -2.14. The van der Waals surface area contributed by atoms with Crippen LogP contribution in [0.1, 0.15) is 10.4 Å². The number of carbonyl (C=O) groups excluding carboxylic acids is 1. The van der Waals surface area contributed by atoms with Gasteiger partial charge in [0.15, 0.2) is 0 Å². The highest BCUT2D eigenvalue weighted by molar-refractivity contribution is 6.32. The summed E-state index contributed by atoms with van der Waals surface area (Å²) in [7, 11) is 2.86. The molecule has 0 spiro atoms. The minimum Gasteiger partial charge on any atom is -0.495 e. The lowest BCUT2D eigenvalue weighted by atomic mass is 10.1. The summed E-state index contributed by atoms with van der Waals surface area (Å²) in [6, 6.07) is 15.5. The van der Waals surface area contributed by atoms with Gasteiger partial charge >= 0.3 is 0 Å². The molecule has 0 aliphatic heterocycles.